The third kappa shape index (κ3) is 8.06. The van der Waals surface area contributed by atoms with Gasteiger partial charge in [0.25, 0.3) is 0 Å². The predicted molar refractivity (Wildman–Crippen MR) is 58.3 cm³/mol. The van der Waals surface area contributed by atoms with Gasteiger partial charge in [0.15, 0.2) is 0 Å². The van der Waals surface area contributed by atoms with Crippen molar-refractivity contribution in [3.63, 3.8) is 0 Å². The van der Waals surface area contributed by atoms with Crippen LogP contribution in [0.25, 0.3) is 0 Å². The molecule has 0 unspecified atom stereocenters. The van der Waals surface area contributed by atoms with Crippen LogP contribution in [0, 0.1) is 5.92 Å². The van der Waals surface area contributed by atoms with Gasteiger partial charge in [-0.2, -0.15) is 0 Å². The summed E-state index contributed by atoms with van der Waals surface area (Å²) in [4.78, 5) is 10.2. The molecule has 0 amide bonds. The maximum absolute atomic E-state index is 10.2. The first-order valence-electron chi connectivity index (χ1n) is 5.68. The summed E-state index contributed by atoms with van der Waals surface area (Å²) in [6.45, 7) is 0. The molecule has 0 spiro atoms. The van der Waals surface area contributed by atoms with Gasteiger partial charge in [-0.3, -0.25) is 0 Å². The molecule has 0 aliphatic heterocycles. The summed E-state index contributed by atoms with van der Waals surface area (Å²) in [6.07, 6.45) is 13.4. The van der Waals surface area contributed by atoms with Crippen LogP contribution in [0.15, 0.2) is 12.2 Å². The molecule has 0 radical (unpaired) electrons. The zero-order valence-electron chi connectivity index (χ0n) is 10.7. The number of hydrogen-bond donors (Lipinski definition) is 1. The summed E-state index contributed by atoms with van der Waals surface area (Å²) in [5.74, 6) is 0.0876. The third-order valence-corrected chi connectivity index (χ3v) is 2.97. The van der Waals surface area contributed by atoms with E-state index in [2.05, 4.69) is 0 Å². The topological polar surface area (TPSA) is 37.3 Å². The SMILES string of the molecule is O=C(O)/C=C/CCCC1CCCCC1.[H-].[Na+]. The Morgan fingerprint density at radius 1 is 1.33 bits per heavy atom. The fourth-order valence-electron chi connectivity index (χ4n) is 2.18. The Bertz CT molecular complexity index is 201. The molecule has 3 heteroatoms. The Hall–Kier alpha value is 0.210. The molecule has 0 saturated heterocycles. The number of hydrogen-bond acceptors (Lipinski definition) is 1. The molecule has 0 aromatic carbocycles. The molecule has 1 aliphatic carbocycles. The van der Waals surface area contributed by atoms with E-state index < -0.39 is 5.97 Å². The minimum Gasteiger partial charge on any atom is -1.00 e. The molecule has 82 valence electrons. The summed E-state index contributed by atoms with van der Waals surface area (Å²) >= 11 is 0. The number of rotatable bonds is 5. The number of carbonyl (C=O) groups is 1. The van der Waals surface area contributed by atoms with E-state index in [1.165, 1.54) is 44.6 Å². The van der Waals surface area contributed by atoms with Crippen molar-refractivity contribution in [3.8, 4) is 0 Å². The second-order valence-electron chi connectivity index (χ2n) is 4.18. The number of carboxylic acids is 1. The number of allylic oxidation sites excluding steroid dienone is 1. The second-order valence-corrected chi connectivity index (χ2v) is 4.18. The number of carboxylic acid groups (broad SMARTS) is 1. The molecule has 0 aromatic rings. The van der Waals surface area contributed by atoms with Crippen LogP contribution in [0.5, 0.6) is 0 Å². The summed E-state index contributed by atoms with van der Waals surface area (Å²) in [5.41, 5.74) is 0. The predicted octanol–water partition coefficient (Wildman–Crippen LogP) is 0.494. The standard InChI is InChI=1S/C12H20O2.Na.H/c13-12(14)10-6-2-5-9-11-7-3-1-4-8-11;;/h6,10-11H,1-5,7-9H2,(H,13,14);;/q;+1;-1/b10-6+;;. The van der Waals surface area contributed by atoms with Crippen LogP contribution in [-0.2, 0) is 4.79 Å². The van der Waals surface area contributed by atoms with E-state index in [1.54, 1.807) is 6.08 Å². The molecule has 0 atom stereocenters. The van der Waals surface area contributed by atoms with Crippen molar-refractivity contribution >= 4 is 5.97 Å². The van der Waals surface area contributed by atoms with Crippen LogP contribution in [-0.4, -0.2) is 11.1 Å². The molecule has 1 fully saturated rings. The fourth-order valence-corrected chi connectivity index (χ4v) is 2.18. The molecular formula is C12H21NaO2. The van der Waals surface area contributed by atoms with Crippen molar-refractivity contribution in [2.75, 3.05) is 0 Å². The van der Waals surface area contributed by atoms with Gasteiger partial charge < -0.3 is 6.53 Å². The first-order chi connectivity index (χ1) is 6.79. The second kappa shape index (κ2) is 9.44. The van der Waals surface area contributed by atoms with E-state index in [0.717, 1.165) is 18.8 Å². The van der Waals surface area contributed by atoms with Gasteiger partial charge in [0.1, 0.15) is 0 Å². The van der Waals surface area contributed by atoms with E-state index in [0.29, 0.717) is 0 Å². The van der Waals surface area contributed by atoms with E-state index in [1.807, 2.05) is 0 Å². The fraction of sp³-hybridized carbons (Fsp3) is 0.750. The molecule has 0 heterocycles. The van der Waals surface area contributed by atoms with E-state index in [4.69, 9.17) is 5.11 Å². The van der Waals surface area contributed by atoms with Crippen LogP contribution in [0.3, 0.4) is 0 Å². The minimum absolute atomic E-state index is 0. The monoisotopic (exact) mass is 220 g/mol. The van der Waals surface area contributed by atoms with Crippen molar-refractivity contribution in [3.05, 3.63) is 12.2 Å². The molecule has 1 saturated carbocycles. The molecule has 2 nitrogen and oxygen atoms in total. The summed E-state index contributed by atoms with van der Waals surface area (Å²) in [6, 6.07) is 0. The van der Waals surface area contributed by atoms with Crippen molar-refractivity contribution in [2.45, 2.75) is 51.4 Å². The maximum atomic E-state index is 10.2. The largest absolute Gasteiger partial charge is 1.00 e. The van der Waals surface area contributed by atoms with Gasteiger partial charge in [-0.1, -0.05) is 44.6 Å². The van der Waals surface area contributed by atoms with Crippen molar-refractivity contribution < 1.29 is 40.9 Å². The third-order valence-electron chi connectivity index (χ3n) is 2.97. The first kappa shape index (κ1) is 15.2. The Kier molecular flexibility index (Phi) is 9.57. The van der Waals surface area contributed by atoms with Gasteiger partial charge in [-0.25, -0.2) is 4.79 Å². The van der Waals surface area contributed by atoms with Gasteiger partial charge in [-0.15, -0.1) is 0 Å². The van der Waals surface area contributed by atoms with E-state index >= 15 is 0 Å². The smallest absolute Gasteiger partial charge is 1.00 e. The molecular weight excluding hydrogens is 199 g/mol. The van der Waals surface area contributed by atoms with Gasteiger partial charge in [0.05, 0.1) is 0 Å². The Labute approximate surface area is 116 Å². The van der Waals surface area contributed by atoms with Crippen LogP contribution in [0.4, 0.5) is 0 Å². The number of aliphatic carboxylic acids is 1. The molecule has 1 aliphatic rings. The Balaban J connectivity index is 0. The van der Waals surface area contributed by atoms with Gasteiger partial charge in [0.2, 0.25) is 0 Å². The Morgan fingerprint density at radius 2 is 2.00 bits per heavy atom. The van der Waals surface area contributed by atoms with Crippen LogP contribution < -0.4 is 29.6 Å². The van der Waals surface area contributed by atoms with Crippen molar-refractivity contribution in [2.24, 2.45) is 5.92 Å². The molecule has 0 bridgehead atoms. The molecule has 1 rings (SSSR count). The quantitative estimate of drug-likeness (QED) is 0.416. The molecule has 15 heavy (non-hydrogen) atoms. The average Bonchev–Trinajstić information content (AvgIpc) is 2.18. The van der Waals surface area contributed by atoms with Gasteiger partial charge >= 0.3 is 35.5 Å². The zero-order chi connectivity index (χ0) is 10.2. The van der Waals surface area contributed by atoms with Gasteiger partial charge in [0, 0.05) is 6.08 Å². The average molecular weight is 220 g/mol. The zero-order valence-corrected chi connectivity index (χ0v) is 11.7. The van der Waals surface area contributed by atoms with Crippen molar-refractivity contribution in [1.29, 1.82) is 0 Å². The number of unbranched alkanes of at least 4 members (excludes halogenated alkanes) is 1. The van der Waals surface area contributed by atoms with Crippen molar-refractivity contribution in [1.82, 2.24) is 0 Å². The van der Waals surface area contributed by atoms with Crippen LogP contribution >= 0.6 is 0 Å². The Morgan fingerprint density at radius 3 is 2.60 bits per heavy atom. The maximum Gasteiger partial charge on any atom is 1.00 e. The van der Waals surface area contributed by atoms with E-state index in [9.17, 15) is 4.79 Å². The molecule has 0 aromatic heterocycles. The van der Waals surface area contributed by atoms with Crippen LogP contribution in [0.2, 0.25) is 0 Å². The minimum atomic E-state index is -0.831. The van der Waals surface area contributed by atoms with E-state index in [-0.39, 0.29) is 31.0 Å². The molecule has 1 N–H and O–H groups in total. The summed E-state index contributed by atoms with van der Waals surface area (Å²) < 4.78 is 0. The first-order valence-corrected chi connectivity index (χ1v) is 5.68. The normalized spacial score (nSPS) is 17.6. The van der Waals surface area contributed by atoms with Crippen LogP contribution in [0.1, 0.15) is 52.8 Å². The van der Waals surface area contributed by atoms with Gasteiger partial charge in [-0.05, 0) is 18.8 Å². The summed E-state index contributed by atoms with van der Waals surface area (Å²) in [5, 5.41) is 8.37. The summed E-state index contributed by atoms with van der Waals surface area (Å²) in [7, 11) is 0.